The van der Waals surface area contributed by atoms with Crippen molar-refractivity contribution in [1.82, 2.24) is 15.1 Å². The Labute approximate surface area is 175 Å². The Bertz CT molecular complexity index is 849. The highest BCUT2D eigenvalue weighted by atomic mass is 35.5. The number of amides is 2. The molecule has 29 heavy (non-hydrogen) atoms. The van der Waals surface area contributed by atoms with Crippen LogP contribution in [0.15, 0.2) is 30.3 Å². The van der Waals surface area contributed by atoms with Gasteiger partial charge in [0.15, 0.2) is 11.6 Å². The first-order valence-electron chi connectivity index (χ1n) is 9.87. The van der Waals surface area contributed by atoms with Crippen LogP contribution in [0.2, 0.25) is 5.02 Å². The number of nitrogens with zero attached hydrogens (tertiary/aromatic N) is 5. The number of benzene rings is 1. The van der Waals surface area contributed by atoms with E-state index in [0.717, 1.165) is 24.7 Å². The number of rotatable bonds is 4. The number of nitrogens with one attached hydrogen (secondary N) is 1. The largest absolute Gasteiger partial charge is 0.495 e. The summed E-state index contributed by atoms with van der Waals surface area (Å²) in [5, 5.41) is 12.2. The molecule has 0 spiro atoms. The number of methoxy groups -OCH3 is 1. The van der Waals surface area contributed by atoms with E-state index in [1.807, 2.05) is 12.1 Å². The van der Waals surface area contributed by atoms with Crippen LogP contribution in [0.1, 0.15) is 12.8 Å². The zero-order valence-electron chi connectivity index (χ0n) is 16.5. The first-order valence-corrected chi connectivity index (χ1v) is 10.2. The van der Waals surface area contributed by atoms with E-state index in [1.165, 1.54) is 12.8 Å². The number of hydrogen-bond acceptors (Lipinski definition) is 6. The molecular formula is C20H25ClN6O2. The van der Waals surface area contributed by atoms with Crippen LogP contribution in [-0.2, 0) is 0 Å². The fraction of sp³-hybridized carbons (Fsp3) is 0.450. The predicted octanol–water partition coefficient (Wildman–Crippen LogP) is 3.09. The summed E-state index contributed by atoms with van der Waals surface area (Å²) in [5.41, 5.74) is 0.566. The van der Waals surface area contributed by atoms with Gasteiger partial charge in [0, 0.05) is 44.3 Å². The fourth-order valence-corrected chi connectivity index (χ4v) is 3.88. The van der Waals surface area contributed by atoms with Crippen LogP contribution in [0.3, 0.4) is 0 Å². The van der Waals surface area contributed by atoms with Crippen LogP contribution in [0.25, 0.3) is 0 Å². The van der Waals surface area contributed by atoms with E-state index in [0.29, 0.717) is 42.6 Å². The highest BCUT2D eigenvalue weighted by molar-refractivity contribution is 6.31. The summed E-state index contributed by atoms with van der Waals surface area (Å²) in [6.07, 6.45) is 2.43. The van der Waals surface area contributed by atoms with Crippen molar-refractivity contribution in [1.29, 1.82) is 0 Å². The average Bonchev–Trinajstić information content (AvgIpc) is 3.29. The zero-order chi connectivity index (χ0) is 20.2. The van der Waals surface area contributed by atoms with Gasteiger partial charge in [0.05, 0.1) is 12.8 Å². The van der Waals surface area contributed by atoms with Gasteiger partial charge in [0.1, 0.15) is 5.75 Å². The van der Waals surface area contributed by atoms with Crippen molar-refractivity contribution in [2.45, 2.75) is 12.8 Å². The molecule has 1 N–H and O–H groups in total. The third-order valence-electron chi connectivity index (χ3n) is 5.36. The Hall–Kier alpha value is -2.74. The molecule has 0 unspecified atom stereocenters. The number of ether oxygens (including phenoxy) is 1. The molecule has 2 aromatic rings. The quantitative estimate of drug-likeness (QED) is 0.825. The maximum atomic E-state index is 12.6. The Morgan fingerprint density at radius 2 is 1.59 bits per heavy atom. The molecule has 2 amide bonds. The lowest BCUT2D eigenvalue weighted by molar-refractivity contribution is 0.208. The van der Waals surface area contributed by atoms with E-state index in [2.05, 4.69) is 25.3 Å². The minimum Gasteiger partial charge on any atom is -0.495 e. The van der Waals surface area contributed by atoms with Crippen molar-refractivity contribution in [2.24, 2.45) is 0 Å². The molecule has 0 atom stereocenters. The molecular weight excluding hydrogens is 392 g/mol. The molecule has 2 fully saturated rings. The number of hydrogen-bond donors (Lipinski definition) is 1. The van der Waals surface area contributed by atoms with Gasteiger partial charge in [-0.1, -0.05) is 11.6 Å². The number of carbonyl (C=O) groups is 1. The Balaban J connectivity index is 1.33. The summed E-state index contributed by atoms with van der Waals surface area (Å²) in [6.45, 7) is 4.72. The molecule has 1 aromatic carbocycles. The predicted molar refractivity (Wildman–Crippen MR) is 114 cm³/mol. The van der Waals surface area contributed by atoms with Crippen molar-refractivity contribution in [3.63, 3.8) is 0 Å². The Morgan fingerprint density at radius 3 is 2.17 bits per heavy atom. The van der Waals surface area contributed by atoms with Gasteiger partial charge in [0.25, 0.3) is 0 Å². The smallest absolute Gasteiger partial charge is 0.322 e. The summed E-state index contributed by atoms with van der Waals surface area (Å²) in [4.78, 5) is 18.9. The van der Waals surface area contributed by atoms with E-state index >= 15 is 0 Å². The summed E-state index contributed by atoms with van der Waals surface area (Å²) in [6, 6.07) is 9.04. The lowest BCUT2D eigenvalue weighted by Gasteiger charge is -2.35. The summed E-state index contributed by atoms with van der Waals surface area (Å²) in [7, 11) is 1.56. The second kappa shape index (κ2) is 8.73. The number of urea groups is 1. The lowest BCUT2D eigenvalue weighted by Crippen LogP contribution is -2.50. The summed E-state index contributed by atoms with van der Waals surface area (Å²) >= 11 is 6.04. The van der Waals surface area contributed by atoms with E-state index in [-0.39, 0.29) is 6.03 Å². The second-order valence-electron chi connectivity index (χ2n) is 7.19. The van der Waals surface area contributed by atoms with Crippen LogP contribution in [0.5, 0.6) is 5.75 Å². The second-order valence-corrected chi connectivity index (χ2v) is 7.63. The third kappa shape index (κ3) is 4.48. The summed E-state index contributed by atoms with van der Waals surface area (Å²) < 4.78 is 5.29. The molecule has 154 valence electrons. The maximum absolute atomic E-state index is 12.6. The van der Waals surface area contributed by atoms with Gasteiger partial charge < -0.3 is 24.8 Å². The van der Waals surface area contributed by atoms with E-state index in [1.54, 1.807) is 30.2 Å². The molecule has 2 saturated heterocycles. The average molecular weight is 417 g/mol. The lowest BCUT2D eigenvalue weighted by atomic mass is 10.3. The van der Waals surface area contributed by atoms with Gasteiger partial charge in [-0.2, -0.15) is 0 Å². The zero-order valence-corrected chi connectivity index (χ0v) is 17.2. The van der Waals surface area contributed by atoms with Gasteiger partial charge in [-0.15, -0.1) is 10.2 Å². The topological polar surface area (TPSA) is 73.8 Å². The van der Waals surface area contributed by atoms with Gasteiger partial charge in [0.2, 0.25) is 0 Å². The molecule has 9 heteroatoms. The molecule has 1 aromatic heterocycles. The number of aromatic nitrogens is 2. The van der Waals surface area contributed by atoms with Crippen molar-refractivity contribution < 1.29 is 9.53 Å². The highest BCUT2D eigenvalue weighted by Crippen LogP contribution is 2.28. The Morgan fingerprint density at radius 1 is 0.966 bits per heavy atom. The van der Waals surface area contributed by atoms with E-state index < -0.39 is 0 Å². The first-order chi connectivity index (χ1) is 14.1. The minimum atomic E-state index is -0.166. The van der Waals surface area contributed by atoms with Crippen molar-refractivity contribution in [2.75, 3.05) is 61.5 Å². The first kappa shape index (κ1) is 19.6. The number of anilines is 3. The fourth-order valence-electron chi connectivity index (χ4n) is 3.71. The molecule has 0 radical (unpaired) electrons. The normalized spacial score (nSPS) is 16.8. The van der Waals surface area contributed by atoms with E-state index in [9.17, 15) is 4.79 Å². The number of halogens is 1. The van der Waals surface area contributed by atoms with Crippen LogP contribution in [-0.4, -0.2) is 67.5 Å². The third-order valence-corrected chi connectivity index (χ3v) is 5.60. The van der Waals surface area contributed by atoms with Crippen LogP contribution in [0.4, 0.5) is 22.1 Å². The van der Waals surface area contributed by atoms with Crippen LogP contribution < -0.4 is 19.9 Å². The molecule has 0 bridgehead atoms. The standard InChI is InChI=1S/C20H25ClN6O2/c1-29-17-5-4-15(21)14-16(17)22-20(28)27-12-10-26(11-13-27)19-7-6-18(23-24-19)25-8-2-3-9-25/h4-7,14H,2-3,8-13H2,1H3,(H,22,28). The monoisotopic (exact) mass is 416 g/mol. The molecule has 0 aliphatic carbocycles. The van der Waals surface area contributed by atoms with Crippen molar-refractivity contribution in [3.05, 3.63) is 35.4 Å². The van der Waals surface area contributed by atoms with Crippen LogP contribution >= 0.6 is 11.6 Å². The summed E-state index contributed by atoms with van der Waals surface area (Å²) in [5.74, 6) is 2.37. The minimum absolute atomic E-state index is 0.166. The molecule has 2 aliphatic heterocycles. The maximum Gasteiger partial charge on any atom is 0.322 e. The van der Waals surface area contributed by atoms with E-state index in [4.69, 9.17) is 16.3 Å². The van der Waals surface area contributed by atoms with Gasteiger partial charge in [-0.25, -0.2) is 4.79 Å². The van der Waals surface area contributed by atoms with Gasteiger partial charge in [-0.05, 0) is 43.2 Å². The van der Waals surface area contributed by atoms with Crippen molar-refractivity contribution >= 4 is 35.0 Å². The molecule has 0 saturated carbocycles. The van der Waals surface area contributed by atoms with Crippen molar-refractivity contribution in [3.8, 4) is 5.75 Å². The highest BCUT2D eigenvalue weighted by Gasteiger charge is 2.23. The SMILES string of the molecule is COc1ccc(Cl)cc1NC(=O)N1CCN(c2ccc(N3CCCC3)nn2)CC1. The number of carbonyl (C=O) groups excluding carboxylic acids is 1. The Kier molecular flexibility index (Phi) is 5.89. The van der Waals surface area contributed by atoms with Crippen LogP contribution in [0, 0.1) is 0 Å². The number of piperazine rings is 1. The molecule has 3 heterocycles. The van der Waals surface area contributed by atoms with Gasteiger partial charge in [-0.3, -0.25) is 0 Å². The molecule has 8 nitrogen and oxygen atoms in total. The molecule has 4 rings (SSSR count). The van der Waals surface area contributed by atoms with Gasteiger partial charge >= 0.3 is 6.03 Å². The molecule has 2 aliphatic rings.